The number of benzene rings is 4. The van der Waals surface area contributed by atoms with Gasteiger partial charge in [-0.3, -0.25) is 0 Å². The molecule has 5 aromatic rings. The molecule has 1 atom stereocenters. The minimum Gasteiger partial charge on any atom is -0.337 e. The summed E-state index contributed by atoms with van der Waals surface area (Å²) in [5, 5.41) is 8.42. The fourth-order valence-electron chi connectivity index (χ4n) is 5.50. The van der Waals surface area contributed by atoms with E-state index in [1.807, 2.05) is 90.5 Å². The third kappa shape index (κ3) is 3.90. The maximum atomic E-state index is 15.6. The normalized spacial score (nSPS) is 15.5. The average Bonchev–Trinajstić information content (AvgIpc) is 3.33. The fraction of sp³-hybridized carbons (Fsp3) is 0.121. The third-order valence-electron chi connectivity index (χ3n) is 7.46. The number of hydrogen-bond donors (Lipinski definition) is 1. The van der Waals surface area contributed by atoms with Crippen LogP contribution in [-0.2, 0) is 6.42 Å². The van der Waals surface area contributed by atoms with Gasteiger partial charge in [-0.2, -0.15) is 5.10 Å². The molecule has 0 bridgehead atoms. The summed E-state index contributed by atoms with van der Waals surface area (Å²) in [5.74, 6) is 1.58. The molecule has 2 aliphatic rings. The first kappa shape index (κ1) is 24.0. The summed E-state index contributed by atoms with van der Waals surface area (Å²) in [5.41, 5.74) is 6.89. The first-order valence-corrected chi connectivity index (χ1v) is 13.4. The van der Waals surface area contributed by atoms with Gasteiger partial charge in [-0.15, -0.1) is 0 Å². The van der Waals surface area contributed by atoms with Crippen LogP contribution in [0.4, 0.5) is 27.3 Å². The Kier molecular flexibility index (Phi) is 5.77. The van der Waals surface area contributed by atoms with E-state index in [0.29, 0.717) is 23.1 Å². The van der Waals surface area contributed by atoms with E-state index in [2.05, 4.69) is 29.3 Å². The van der Waals surface area contributed by atoms with Gasteiger partial charge in [-0.05, 0) is 61.4 Å². The second-order valence-electron chi connectivity index (χ2n) is 9.92. The van der Waals surface area contributed by atoms with Gasteiger partial charge in [-0.25, -0.2) is 19.1 Å². The Hall–Kier alpha value is -5.04. The molecule has 0 saturated heterocycles. The first-order valence-electron chi connectivity index (χ1n) is 13.4. The molecular weight excluding hydrogens is 499 g/mol. The molecule has 4 aromatic carbocycles. The summed E-state index contributed by atoms with van der Waals surface area (Å²) in [6.45, 7) is 4.10. The number of rotatable bonds is 4. The van der Waals surface area contributed by atoms with E-state index in [1.165, 1.54) is 11.6 Å². The Bertz CT molecular complexity index is 1790. The van der Waals surface area contributed by atoms with Gasteiger partial charge < -0.3 is 10.2 Å². The van der Waals surface area contributed by atoms with Gasteiger partial charge in [0.1, 0.15) is 5.82 Å². The number of aryl methyl sites for hydroxylation is 2. The quantitative estimate of drug-likeness (QED) is 0.261. The Morgan fingerprint density at radius 2 is 1.55 bits per heavy atom. The molecule has 6 nitrogen and oxygen atoms in total. The van der Waals surface area contributed by atoms with Gasteiger partial charge in [-0.1, -0.05) is 67.6 Å². The minimum absolute atomic E-state index is 0.281. The molecule has 196 valence electrons. The van der Waals surface area contributed by atoms with Crippen molar-refractivity contribution in [3.8, 4) is 5.69 Å². The van der Waals surface area contributed by atoms with Crippen LogP contribution in [0.5, 0.6) is 0 Å². The number of hydrogen-bond acceptors (Lipinski definition) is 5. The van der Waals surface area contributed by atoms with Crippen LogP contribution in [0.3, 0.4) is 0 Å². The van der Waals surface area contributed by atoms with E-state index in [4.69, 9.17) is 15.1 Å². The van der Waals surface area contributed by atoms with Crippen molar-refractivity contribution in [2.45, 2.75) is 26.3 Å². The van der Waals surface area contributed by atoms with Crippen molar-refractivity contribution in [2.24, 2.45) is 9.98 Å². The van der Waals surface area contributed by atoms with Gasteiger partial charge in [0.15, 0.2) is 17.5 Å². The molecule has 0 radical (unpaired) electrons. The van der Waals surface area contributed by atoms with E-state index in [1.54, 1.807) is 6.07 Å². The second kappa shape index (κ2) is 9.61. The standard InChI is InChI=1S/C33H27FN6/c1-3-22-17-19-23(20-18-22)35-31-33-37-32-29(21(2)38-40(32)24-11-5-4-6-12-24)30(25-13-7-8-14-26(25)34)39(33)28-16-10-9-15-27(28)36-31/h4-20,30H,3H2,1-2H3,(H,35,36)/t30-/m1/s1. The summed E-state index contributed by atoms with van der Waals surface area (Å²) in [6, 6.07) is 32.6. The minimum atomic E-state index is -0.503. The molecule has 0 spiro atoms. The number of nitrogens with one attached hydrogen (secondary N) is 1. The highest BCUT2D eigenvalue weighted by atomic mass is 19.1. The highest BCUT2D eigenvalue weighted by molar-refractivity contribution is 6.51. The monoisotopic (exact) mass is 526 g/mol. The van der Waals surface area contributed by atoms with Gasteiger partial charge in [0.25, 0.3) is 0 Å². The number of amidine groups is 2. The Morgan fingerprint density at radius 3 is 2.33 bits per heavy atom. The second-order valence-corrected chi connectivity index (χ2v) is 9.92. The molecule has 0 amide bonds. The van der Waals surface area contributed by atoms with E-state index < -0.39 is 6.04 Å². The predicted octanol–water partition coefficient (Wildman–Crippen LogP) is 7.68. The summed E-state index contributed by atoms with van der Waals surface area (Å²) < 4.78 is 17.5. The lowest BCUT2D eigenvalue weighted by molar-refractivity contribution is 0.597. The molecule has 0 unspecified atom stereocenters. The number of anilines is 2. The largest absolute Gasteiger partial charge is 0.337 e. The lowest BCUT2D eigenvalue weighted by atomic mass is 9.93. The van der Waals surface area contributed by atoms with Crippen molar-refractivity contribution in [2.75, 3.05) is 10.2 Å². The summed E-state index contributed by atoms with van der Waals surface area (Å²) in [4.78, 5) is 12.3. The lowest BCUT2D eigenvalue weighted by Crippen LogP contribution is -2.46. The SMILES string of the molecule is CCc1ccc(NC2=Nc3ccccc3N3C2=Nc2c(c(C)nn2-c2ccccc2)[C@H]3c2ccccc2F)cc1. The lowest BCUT2D eigenvalue weighted by Gasteiger charge is -2.40. The number of fused-ring (bicyclic) bond motifs is 4. The van der Waals surface area contributed by atoms with E-state index in [0.717, 1.165) is 40.4 Å². The van der Waals surface area contributed by atoms with Gasteiger partial charge >= 0.3 is 0 Å². The maximum Gasteiger partial charge on any atom is 0.179 e. The van der Waals surface area contributed by atoms with Crippen molar-refractivity contribution >= 4 is 34.6 Å². The molecule has 2 aliphatic heterocycles. The maximum absolute atomic E-state index is 15.6. The van der Waals surface area contributed by atoms with Crippen LogP contribution in [0.1, 0.15) is 35.3 Å². The highest BCUT2D eigenvalue weighted by Crippen LogP contribution is 2.48. The van der Waals surface area contributed by atoms with E-state index in [-0.39, 0.29) is 5.82 Å². The topological polar surface area (TPSA) is 57.8 Å². The van der Waals surface area contributed by atoms with Crippen LogP contribution in [0.15, 0.2) is 113 Å². The van der Waals surface area contributed by atoms with Crippen molar-refractivity contribution in [3.63, 3.8) is 0 Å². The van der Waals surface area contributed by atoms with Crippen molar-refractivity contribution in [3.05, 3.63) is 131 Å². The Morgan fingerprint density at radius 1 is 0.825 bits per heavy atom. The van der Waals surface area contributed by atoms with Crippen LogP contribution in [0, 0.1) is 12.7 Å². The zero-order chi connectivity index (χ0) is 27.2. The van der Waals surface area contributed by atoms with Crippen molar-refractivity contribution < 1.29 is 4.39 Å². The molecule has 3 heterocycles. The highest BCUT2D eigenvalue weighted by Gasteiger charge is 2.42. The molecule has 0 aliphatic carbocycles. The number of aliphatic imine (C=N–C) groups is 2. The van der Waals surface area contributed by atoms with E-state index >= 15 is 4.39 Å². The number of halogens is 1. The van der Waals surface area contributed by atoms with Crippen LogP contribution < -0.4 is 10.2 Å². The van der Waals surface area contributed by atoms with Crippen LogP contribution in [0.25, 0.3) is 5.69 Å². The van der Waals surface area contributed by atoms with Crippen LogP contribution >= 0.6 is 0 Å². The number of aromatic nitrogens is 2. The van der Waals surface area contributed by atoms with Crippen molar-refractivity contribution in [1.82, 2.24) is 9.78 Å². The molecule has 1 N–H and O–H groups in total. The molecule has 7 rings (SSSR count). The van der Waals surface area contributed by atoms with Gasteiger partial charge in [0.2, 0.25) is 0 Å². The predicted molar refractivity (Wildman–Crippen MR) is 159 cm³/mol. The first-order chi connectivity index (χ1) is 19.6. The molecule has 1 aromatic heterocycles. The van der Waals surface area contributed by atoms with Crippen LogP contribution in [-0.4, -0.2) is 21.5 Å². The molecular formula is C33H27FN6. The van der Waals surface area contributed by atoms with Crippen molar-refractivity contribution in [1.29, 1.82) is 0 Å². The fourth-order valence-corrected chi connectivity index (χ4v) is 5.50. The molecule has 0 fully saturated rings. The van der Waals surface area contributed by atoms with Crippen LogP contribution in [0.2, 0.25) is 0 Å². The van der Waals surface area contributed by atoms with E-state index in [9.17, 15) is 0 Å². The zero-order valence-electron chi connectivity index (χ0n) is 22.2. The van der Waals surface area contributed by atoms with Gasteiger partial charge in [0, 0.05) is 16.8 Å². The number of para-hydroxylation sites is 3. The molecule has 0 saturated carbocycles. The summed E-state index contributed by atoms with van der Waals surface area (Å²) in [6.07, 6.45) is 0.963. The molecule has 40 heavy (non-hydrogen) atoms. The summed E-state index contributed by atoms with van der Waals surface area (Å²) in [7, 11) is 0. The van der Waals surface area contributed by atoms with Gasteiger partial charge in [0.05, 0.1) is 28.8 Å². The Labute approximate surface area is 232 Å². The zero-order valence-corrected chi connectivity index (χ0v) is 22.2. The molecule has 7 heteroatoms. The number of nitrogens with zero attached hydrogens (tertiary/aromatic N) is 5. The smallest absolute Gasteiger partial charge is 0.179 e. The Balaban J connectivity index is 1.49. The average molecular weight is 527 g/mol. The summed E-state index contributed by atoms with van der Waals surface area (Å²) >= 11 is 0. The third-order valence-corrected chi connectivity index (χ3v) is 7.46.